The fraction of sp³-hybridized carbons (Fsp3) is 0.500. The molecule has 1 aliphatic heterocycles. The molecule has 59 heavy (non-hydrogen) atoms. The minimum atomic E-state index is -4.60. The zero-order valence-corrected chi connectivity index (χ0v) is 35.1. The number of pyridine rings is 1. The molecule has 0 saturated carbocycles. The van der Waals surface area contributed by atoms with Crippen LogP contribution in [0, 0.1) is 17.2 Å². The number of hydrogen-bond donors (Lipinski definition) is 2. The Morgan fingerprint density at radius 1 is 1.05 bits per heavy atom. The second-order valence-electron chi connectivity index (χ2n) is 16.7. The molecular formula is C44H56F4N6O5. The number of ether oxygens (including phenoxy) is 2. The summed E-state index contributed by atoms with van der Waals surface area (Å²) in [5, 5.41) is 4.96. The van der Waals surface area contributed by atoms with Crippen molar-refractivity contribution in [3.8, 4) is 22.4 Å². The first kappa shape index (κ1) is 45.2. The number of methoxy groups -OCH3 is 1. The first-order valence-corrected chi connectivity index (χ1v) is 19.9. The van der Waals surface area contributed by atoms with Crippen LogP contribution in [-0.4, -0.2) is 96.9 Å². The molecule has 1 fully saturated rings. The van der Waals surface area contributed by atoms with Crippen LogP contribution in [0.15, 0.2) is 54.7 Å². The number of alkyl halides is 3. The van der Waals surface area contributed by atoms with E-state index in [2.05, 4.69) is 15.7 Å². The van der Waals surface area contributed by atoms with E-state index >= 15 is 4.39 Å². The molecule has 320 valence electrons. The third-order valence-corrected chi connectivity index (χ3v) is 10.7. The molecule has 0 bridgehead atoms. The Hall–Kier alpha value is -4.86. The SMILES string of the molecule is COC(C)c1ncccc1-c1c(CC(C)(C)COC=O)c2cc(-c3cc(F)cc(CC(NC(=O)C(C(C)C)N(C)C)C(=O)N4CCCCN4)c3)ccc2n1CC(F)(F)F. The molecule has 11 nitrogen and oxygen atoms in total. The Kier molecular flexibility index (Phi) is 14.6. The molecule has 4 aromatic rings. The summed E-state index contributed by atoms with van der Waals surface area (Å²) >= 11 is 0. The van der Waals surface area contributed by atoms with Gasteiger partial charge in [0.25, 0.3) is 12.4 Å². The molecule has 0 spiro atoms. The molecule has 5 rings (SSSR count). The molecule has 3 unspecified atom stereocenters. The van der Waals surface area contributed by atoms with Gasteiger partial charge in [0.15, 0.2) is 0 Å². The molecule has 3 heterocycles. The van der Waals surface area contributed by atoms with E-state index in [1.807, 2.05) is 27.7 Å². The smallest absolute Gasteiger partial charge is 0.406 e. The predicted molar refractivity (Wildman–Crippen MR) is 218 cm³/mol. The summed E-state index contributed by atoms with van der Waals surface area (Å²) in [5.74, 6) is -1.31. The van der Waals surface area contributed by atoms with E-state index in [4.69, 9.17) is 9.47 Å². The number of rotatable bonds is 17. The van der Waals surface area contributed by atoms with E-state index in [0.717, 1.165) is 12.8 Å². The lowest BCUT2D eigenvalue weighted by Gasteiger charge is -2.33. The van der Waals surface area contributed by atoms with Gasteiger partial charge in [0.05, 0.1) is 30.1 Å². The molecule has 15 heteroatoms. The highest BCUT2D eigenvalue weighted by molar-refractivity contribution is 5.95. The van der Waals surface area contributed by atoms with Crippen molar-refractivity contribution < 1.29 is 41.4 Å². The van der Waals surface area contributed by atoms with Gasteiger partial charge < -0.3 is 19.4 Å². The Balaban J connectivity index is 1.67. The molecule has 2 N–H and O–H groups in total. The van der Waals surface area contributed by atoms with Crippen molar-refractivity contribution in [2.45, 2.75) is 91.2 Å². The average molecular weight is 825 g/mol. The number of amides is 2. The molecule has 2 amide bonds. The molecule has 0 aliphatic carbocycles. The maximum atomic E-state index is 15.7. The highest BCUT2D eigenvalue weighted by Crippen LogP contribution is 2.43. The maximum Gasteiger partial charge on any atom is 0.406 e. The maximum absolute atomic E-state index is 15.7. The lowest BCUT2D eigenvalue weighted by molar-refractivity contribution is -0.141. The number of benzene rings is 2. The lowest BCUT2D eigenvalue weighted by atomic mass is 9.84. The number of carbonyl (C=O) groups is 3. The third kappa shape index (κ3) is 11.1. The standard InChI is InChI=1S/C44H56F4N6O5/c1-27(2)39(52(6)7)41(56)51-36(42(57)54-17-10-9-16-50-54)20-29-18-31(21-32(45)19-29)30-13-14-37-34(22-30)35(23-43(4,5)25-59-26-55)40(53(37)24-44(46,47)48)33-12-11-15-49-38(33)28(3)58-8/h11-15,18-19,21-22,26-28,36,39,50H,9-10,16-17,20,23-25H2,1-8H3,(H,51,56). The Labute approximate surface area is 343 Å². The normalized spacial score (nSPS) is 15.4. The van der Waals surface area contributed by atoms with Crippen LogP contribution in [0.25, 0.3) is 33.3 Å². The van der Waals surface area contributed by atoms with Gasteiger partial charge in [-0.15, -0.1) is 0 Å². The van der Waals surface area contributed by atoms with Gasteiger partial charge in [-0.05, 0) is 105 Å². The van der Waals surface area contributed by atoms with Crippen LogP contribution in [0.3, 0.4) is 0 Å². The number of halogens is 4. The average Bonchev–Trinajstić information content (AvgIpc) is 3.45. The number of likely N-dealkylation sites (N-methyl/N-ethyl adjacent to an activating group) is 1. The van der Waals surface area contributed by atoms with Gasteiger partial charge in [0.1, 0.15) is 18.4 Å². The minimum Gasteiger partial charge on any atom is -0.467 e. The van der Waals surface area contributed by atoms with Gasteiger partial charge in [-0.3, -0.25) is 29.3 Å². The van der Waals surface area contributed by atoms with E-state index in [0.29, 0.717) is 69.7 Å². The van der Waals surface area contributed by atoms with Crippen molar-refractivity contribution in [1.82, 2.24) is 30.2 Å². The third-order valence-electron chi connectivity index (χ3n) is 10.7. The first-order chi connectivity index (χ1) is 27.8. The van der Waals surface area contributed by atoms with E-state index < -0.39 is 42.1 Å². The van der Waals surface area contributed by atoms with E-state index in [1.165, 1.54) is 28.8 Å². The topological polar surface area (TPSA) is 118 Å². The lowest BCUT2D eigenvalue weighted by Crippen LogP contribution is -2.58. The zero-order valence-electron chi connectivity index (χ0n) is 35.1. The van der Waals surface area contributed by atoms with Crippen molar-refractivity contribution in [2.75, 3.05) is 40.9 Å². The highest BCUT2D eigenvalue weighted by atomic mass is 19.4. The molecule has 2 aromatic heterocycles. The van der Waals surface area contributed by atoms with Crippen molar-refractivity contribution >= 4 is 29.2 Å². The van der Waals surface area contributed by atoms with Crippen LogP contribution in [0.1, 0.15) is 70.4 Å². The minimum absolute atomic E-state index is 0.000958. The number of hydrazine groups is 1. The quantitative estimate of drug-likeness (QED) is 0.0845. The van der Waals surface area contributed by atoms with Crippen LogP contribution < -0.4 is 10.7 Å². The fourth-order valence-corrected chi connectivity index (χ4v) is 8.10. The Bertz CT molecular complexity index is 2100. The van der Waals surface area contributed by atoms with Gasteiger partial charge in [-0.25, -0.2) is 9.82 Å². The summed E-state index contributed by atoms with van der Waals surface area (Å²) < 4.78 is 71.2. The molecule has 3 atom stereocenters. The van der Waals surface area contributed by atoms with E-state index in [1.54, 1.807) is 68.5 Å². The number of nitrogens with zero attached hydrogens (tertiary/aromatic N) is 4. The van der Waals surface area contributed by atoms with Crippen LogP contribution in [0.5, 0.6) is 0 Å². The number of hydrogen-bond acceptors (Lipinski definition) is 8. The summed E-state index contributed by atoms with van der Waals surface area (Å²) in [6.07, 6.45) is -1.73. The summed E-state index contributed by atoms with van der Waals surface area (Å²) in [7, 11) is 5.09. The summed E-state index contributed by atoms with van der Waals surface area (Å²) in [4.78, 5) is 45.2. The monoisotopic (exact) mass is 824 g/mol. The zero-order chi connectivity index (χ0) is 43.2. The fourth-order valence-electron chi connectivity index (χ4n) is 8.10. The largest absolute Gasteiger partial charge is 0.467 e. The second kappa shape index (κ2) is 19.0. The summed E-state index contributed by atoms with van der Waals surface area (Å²) in [6.45, 7) is 9.42. The van der Waals surface area contributed by atoms with Crippen LogP contribution in [0.4, 0.5) is 17.6 Å². The van der Waals surface area contributed by atoms with Crippen molar-refractivity contribution in [2.24, 2.45) is 11.3 Å². The van der Waals surface area contributed by atoms with Gasteiger partial charge in [-0.2, -0.15) is 13.2 Å². The summed E-state index contributed by atoms with van der Waals surface area (Å²) in [5.41, 5.74) is 5.83. The Morgan fingerprint density at radius 2 is 1.80 bits per heavy atom. The van der Waals surface area contributed by atoms with Gasteiger partial charge >= 0.3 is 6.18 Å². The predicted octanol–water partition coefficient (Wildman–Crippen LogP) is 7.26. The number of carbonyl (C=O) groups excluding carboxylic acids is 3. The van der Waals surface area contributed by atoms with Crippen LogP contribution in [-0.2, 0) is 43.2 Å². The molecule has 1 saturated heterocycles. The van der Waals surface area contributed by atoms with Gasteiger partial charge in [0, 0.05) is 54.7 Å². The van der Waals surface area contributed by atoms with Crippen molar-refractivity contribution in [3.63, 3.8) is 0 Å². The molecule has 2 aromatic carbocycles. The van der Waals surface area contributed by atoms with Crippen molar-refractivity contribution in [3.05, 3.63) is 77.4 Å². The number of aromatic nitrogens is 2. The molecular weight excluding hydrogens is 769 g/mol. The van der Waals surface area contributed by atoms with E-state index in [-0.39, 0.29) is 37.2 Å². The van der Waals surface area contributed by atoms with E-state index in [9.17, 15) is 27.6 Å². The van der Waals surface area contributed by atoms with Crippen molar-refractivity contribution in [1.29, 1.82) is 0 Å². The van der Waals surface area contributed by atoms with Gasteiger partial charge in [0.2, 0.25) is 5.91 Å². The molecule has 1 aliphatic rings. The van der Waals surface area contributed by atoms with Crippen LogP contribution in [0.2, 0.25) is 0 Å². The van der Waals surface area contributed by atoms with Crippen LogP contribution >= 0.6 is 0 Å². The second-order valence-corrected chi connectivity index (χ2v) is 16.7. The Morgan fingerprint density at radius 3 is 2.42 bits per heavy atom. The highest BCUT2D eigenvalue weighted by Gasteiger charge is 2.35. The number of nitrogens with one attached hydrogen (secondary N) is 2. The summed E-state index contributed by atoms with van der Waals surface area (Å²) in [6, 6.07) is 11.2. The first-order valence-electron chi connectivity index (χ1n) is 19.9. The molecule has 0 radical (unpaired) electrons. The number of fused-ring (bicyclic) bond motifs is 1. The van der Waals surface area contributed by atoms with Gasteiger partial charge in [-0.1, -0.05) is 39.8 Å².